The van der Waals surface area contributed by atoms with E-state index in [0.717, 1.165) is 37.2 Å². The number of aryl methyl sites for hydroxylation is 1. The molecule has 0 spiro atoms. The van der Waals surface area contributed by atoms with Crippen LogP contribution in [-0.4, -0.2) is 33.8 Å². The predicted octanol–water partition coefficient (Wildman–Crippen LogP) is 2.57. The molecule has 0 aromatic carbocycles. The van der Waals surface area contributed by atoms with Gasteiger partial charge in [-0.05, 0) is 26.2 Å². The highest BCUT2D eigenvalue weighted by atomic mass is 16.3. The van der Waals surface area contributed by atoms with E-state index in [2.05, 4.69) is 41.4 Å². The molecule has 0 radical (unpaired) electrons. The Hall–Kier alpha value is -1.36. The average Bonchev–Trinajstić information content (AvgIpc) is 2.45. The Balaban J connectivity index is 2.92. The second-order valence-electron chi connectivity index (χ2n) is 4.92. The first-order valence-corrected chi connectivity index (χ1v) is 7.07. The Labute approximate surface area is 115 Å². The molecule has 0 bridgehead atoms. The van der Waals surface area contributed by atoms with Gasteiger partial charge in [0.15, 0.2) is 0 Å². The van der Waals surface area contributed by atoms with Gasteiger partial charge in [0.2, 0.25) is 5.95 Å². The first-order valence-electron chi connectivity index (χ1n) is 7.07. The van der Waals surface area contributed by atoms with Gasteiger partial charge in [0.05, 0.1) is 12.1 Å². The predicted molar refractivity (Wildman–Crippen MR) is 79.6 cm³/mol. The molecule has 0 saturated heterocycles. The molecule has 0 fully saturated rings. The van der Waals surface area contributed by atoms with Crippen molar-refractivity contribution in [3.63, 3.8) is 0 Å². The monoisotopic (exact) mass is 266 g/mol. The fourth-order valence-electron chi connectivity index (χ4n) is 1.83. The lowest BCUT2D eigenvalue weighted by atomic mass is 9.94. The number of aliphatic hydroxyl groups is 1. The van der Waals surface area contributed by atoms with Gasteiger partial charge in [0.25, 0.3) is 0 Å². The fourth-order valence-corrected chi connectivity index (χ4v) is 1.83. The second kappa shape index (κ2) is 7.28. The summed E-state index contributed by atoms with van der Waals surface area (Å²) in [6.45, 7) is 9.17. The summed E-state index contributed by atoms with van der Waals surface area (Å²) in [4.78, 5) is 8.75. The number of aromatic nitrogens is 2. The summed E-state index contributed by atoms with van der Waals surface area (Å²) < 4.78 is 0. The van der Waals surface area contributed by atoms with Crippen molar-refractivity contribution in [2.75, 3.05) is 23.8 Å². The molecule has 0 atom stereocenters. The lowest BCUT2D eigenvalue weighted by Crippen LogP contribution is -2.41. The molecule has 5 nitrogen and oxygen atoms in total. The molecule has 1 rings (SSSR count). The van der Waals surface area contributed by atoms with Gasteiger partial charge in [-0.15, -0.1) is 0 Å². The minimum absolute atomic E-state index is 0.0984. The van der Waals surface area contributed by atoms with Gasteiger partial charge in [-0.2, -0.15) is 4.98 Å². The number of rotatable bonds is 8. The Morgan fingerprint density at radius 3 is 2.47 bits per heavy atom. The second-order valence-corrected chi connectivity index (χ2v) is 4.92. The quantitative estimate of drug-likeness (QED) is 0.674. The van der Waals surface area contributed by atoms with Crippen LogP contribution in [0.15, 0.2) is 6.20 Å². The van der Waals surface area contributed by atoms with Crippen LogP contribution in [-0.2, 0) is 0 Å². The minimum atomic E-state index is -0.304. The third-order valence-electron chi connectivity index (χ3n) is 3.54. The van der Waals surface area contributed by atoms with E-state index in [4.69, 9.17) is 0 Å². The van der Waals surface area contributed by atoms with Crippen molar-refractivity contribution in [1.29, 1.82) is 0 Å². The van der Waals surface area contributed by atoms with E-state index in [0.29, 0.717) is 5.95 Å². The SMILES string of the molecule is CCCNc1ncc(C)c(NC(CC)(CC)CO)n1. The summed E-state index contributed by atoms with van der Waals surface area (Å²) >= 11 is 0. The average molecular weight is 266 g/mol. The maximum atomic E-state index is 9.62. The van der Waals surface area contributed by atoms with Crippen molar-refractivity contribution in [2.24, 2.45) is 0 Å². The van der Waals surface area contributed by atoms with E-state index in [-0.39, 0.29) is 12.1 Å². The number of hydrogen-bond acceptors (Lipinski definition) is 5. The maximum absolute atomic E-state index is 9.62. The summed E-state index contributed by atoms with van der Waals surface area (Å²) in [5.41, 5.74) is 0.683. The topological polar surface area (TPSA) is 70.1 Å². The first-order chi connectivity index (χ1) is 9.10. The zero-order chi connectivity index (χ0) is 14.3. The first kappa shape index (κ1) is 15.7. The van der Waals surface area contributed by atoms with Crippen LogP contribution in [0.3, 0.4) is 0 Å². The third kappa shape index (κ3) is 4.06. The van der Waals surface area contributed by atoms with Gasteiger partial charge in [0.1, 0.15) is 5.82 Å². The van der Waals surface area contributed by atoms with Crippen LogP contribution in [0, 0.1) is 6.92 Å². The number of anilines is 2. The highest BCUT2D eigenvalue weighted by Gasteiger charge is 2.26. The normalized spacial score (nSPS) is 11.4. The van der Waals surface area contributed by atoms with E-state index in [1.807, 2.05) is 6.92 Å². The molecule has 0 aliphatic carbocycles. The molecule has 108 valence electrons. The van der Waals surface area contributed by atoms with Crippen molar-refractivity contribution in [3.05, 3.63) is 11.8 Å². The summed E-state index contributed by atoms with van der Waals surface area (Å²) in [5, 5.41) is 16.2. The maximum Gasteiger partial charge on any atom is 0.224 e. The zero-order valence-corrected chi connectivity index (χ0v) is 12.5. The van der Waals surface area contributed by atoms with Gasteiger partial charge in [-0.3, -0.25) is 0 Å². The molecule has 0 unspecified atom stereocenters. The zero-order valence-electron chi connectivity index (χ0n) is 12.5. The minimum Gasteiger partial charge on any atom is -0.394 e. The lowest BCUT2D eigenvalue weighted by molar-refractivity contribution is 0.202. The van der Waals surface area contributed by atoms with Gasteiger partial charge in [-0.1, -0.05) is 20.8 Å². The standard InChI is InChI=1S/C14H26N4O/c1-5-8-15-13-16-9-11(4)12(17-13)18-14(6-2,7-3)10-19/h9,19H,5-8,10H2,1-4H3,(H2,15,16,17,18). The van der Waals surface area contributed by atoms with Crippen molar-refractivity contribution < 1.29 is 5.11 Å². The van der Waals surface area contributed by atoms with E-state index in [1.165, 1.54) is 0 Å². The molecule has 1 aromatic rings. The molecule has 0 amide bonds. The van der Waals surface area contributed by atoms with Gasteiger partial charge in [0, 0.05) is 18.3 Å². The van der Waals surface area contributed by atoms with Crippen LogP contribution < -0.4 is 10.6 Å². The Morgan fingerprint density at radius 1 is 1.26 bits per heavy atom. The Kier molecular flexibility index (Phi) is 6.02. The van der Waals surface area contributed by atoms with Gasteiger partial charge >= 0.3 is 0 Å². The molecule has 1 heterocycles. The van der Waals surface area contributed by atoms with E-state index in [1.54, 1.807) is 6.20 Å². The van der Waals surface area contributed by atoms with E-state index in [9.17, 15) is 5.11 Å². The summed E-state index contributed by atoms with van der Waals surface area (Å²) in [7, 11) is 0. The fraction of sp³-hybridized carbons (Fsp3) is 0.714. The highest BCUT2D eigenvalue weighted by Crippen LogP contribution is 2.23. The van der Waals surface area contributed by atoms with E-state index < -0.39 is 0 Å². The highest BCUT2D eigenvalue weighted by molar-refractivity contribution is 5.48. The largest absolute Gasteiger partial charge is 0.394 e. The number of aliphatic hydroxyl groups excluding tert-OH is 1. The molecule has 3 N–H and O–H groups in total. The Bertz CT molecular complexity index is 383. The molecule has 19 heavy (non-hydrogen) atoms. The van der Waals surface area contributed by atoms with Gasteiger partial charge in [-0.25, -0.2) is 4.98 Å². The molecule has 0 aliphatic rings. The van der Waals surface area contributed by atoms with Crippen LogP contribution in [0.25, 0.3) is 0 Å². The van der Waals surface area contributed by atoms with Gasteiger partial charge < -0.3 is 15.7 Å². The smallest absolute Gasteiger partial charge is 0.224 e. The van der Waals surface area contributed by atoms with Crippen molar-refractivity contribution in [2.45, 2.75) is 52.5 Å². The van der Waals surface area contributed by atoms with Crippen LogP contribution >= 0.6 is 0 Å². The van der Waals surface area contributed by atoms with Crippen molar-refractivity contribution in [3.8, 4) is 0 Å². The van der Waals surface area contributed by atoms with Crippen LogP contribution in [0.1, 0.15) is 45.6 Å². The molecule has 0 aliphatic heterocycles. The molecular formula is C14H26N4O. The molecular weight excluding hydrogens is 240 g/mol. The third-order valence-corrected chi connectivity index (χ3v) is 3.54. The molecule has 0 saturated carbocycles. The summed E-state index contributed by atoms with van der Waals surface area (Å²) in [5.74, 6) is 1.43. The number of hydrogen-bond donors (Lipinski definition) is 3. The van der Waals surface area contributed by atoms with Crippen LogP contribution in [0.2, 0.25) is 0 Å². The number of nitrogens with one attached hydrogen (secondary N) is 2. The van der Waals surface area contributed by atoms with Crippen molar-refractivity contribution in [1.82, 2.24) is 9.97 Å². The lowest BCUT2D eigenvalue weighted by Gasteiger charge is -2.32. The van der Waals surface area contributed by atoms with Crippen LogP contribution in [0.5, 0.6) is 0 Å². The van der Waals surface area contributed by atoms with Crippen LogP contribution in [0.4, 0.5) is 11.8 Å². The van der Waals surface area contributed by atoms with Crippen molar-refractivity contribution >= 4 is 11.8 Å². The van der Waals surface area contributed by atoms with E-state index >= 15 is 0 Å². The summed E-state index contributed by atoms with van der Waals surface area (Å²) in [6.07, 6.45) is 4.54. The Morgan fingerprint density at radius 2 is 1.95 bits per heavy atom. The molecule has 1 aromatic heterocycles. The molecule has 5 heteroatoms. The summed E-state index contributed by atoms with van der Waals surface area (Å²) in [6, 6.07) is 0. The number of nitrogens with zero attached hydrogens (tertiary/aromatic N) is 2.